The summed E-state index contributed by atoms with van der Waals surface area (Å²) in [4.78, 5) is 16.8. The Hall–Kier alpha value is -2.93. The highest BCUT2D eigenvalue weighted by molar-refractivity contribution is 7.17. The number of nitrogens with two attached hydrogens (primary N) is 1. The van der Waals surface area contributed by atoms with Gasteiger partial charge in [0.15, 0.2) is 5.13 Å². The van der Waals surface area contributed by atoms with E-state index in [9.17, 15) is 9.90 Å². The molecule has 0 saturated heterocycles. The number of carbonyl (C=O) groups is 1. The van der Waals surface area contributed by atoms with Crippen LogP contribution < -0.4 is 11.2 Å². The molecule has 0 radical (unpaired) electrons. The summed E-state index contributed by atoms with van der Waals surface area (Å²) in [7, 11) is 0. The first-order chi connectivity index (χ1) is 11.6. The van der Waals surface area contributed by atoms with E-state index in [-0.39, 0.29) is 11.7 Å². The van der Waals surface area contributed by atoms with Gasteiger partial charge in [-0.15, -0.1) is 0 Å². The number of amides is 1. The van der Waals surface area contributed by atoms with Crippen LogP contribution in [0.4, 0.5) is 5.13 Å². The standard InChI is InChI=1S/C17H16N4O2S/c1-2-13-15(24-17(18)20-13)16(23)21-19-9-12-11-6-4-3-5-10(11)7-8-14(12)22/h3-9,22H,2H2,1H3,(H2,18,20)(H,21,23)/b19-9+. The van der Waals surface area contributed by atoms with Gasteiger partial charge in [-0.25, -0.2) is 10.4 Å². The molecule has 6 nitrogen and oxygen atoms in total. The second-order valence-corrected chi connectivity index (χ2v) is 6.13. The third-order valence-corrected chi connectivity index (χ3v) is 4.49. The van der Waals surface area contributed by atoms with E-state index in [0.29, 0.717) is 27.7 Å². The Labute approximate surface area is 142 Å². The van der Waals surface area contributed by atoms with Crippen molar-refractivity contribution in [3.63, 3.8) is 0 Å². The van der Waals surface area contributed by atoms with Gasteiger partial charge in [0.2, 0.25) is 0 Å². The van der Waals surface area contributed by atoms with Gasteiger partial charge < -0.3 is 10.8 Å². The number of fused-ring (bicyclic) bond motifs is 1. The van der Waals surface area contributed by atoms with Gasteiger partial charge in [-0.05, 0) is 23.3 Å². The van der Waals surface area contributed by atoms with Crippen molar-refractivity contribution < 1.29 is 9.90 Å². The molecule has 0 spiro atoms. The lowest BCUT2D eigenvalue weighted by Gasteiger charge is -2.04. The number of anilines is 1. The number of benzene rings is 2. The first kappa shape index (κ1) is 15.9. The van der Waals surface area contributed by atoms with Crippen LogP contribution >= 0.6 is 11.3 Å². The highest BCUT2D eigenvalue weighted by atomic mass is 32.1. The van der Waals surface area contributed by atoms with E-state index in [0.717, 1.165) is 22.1 Å². The highest BCUT2D eigenvalue weighted by Gasteiger charge is 2.15. The summed E-state index contributed by atoms with van der Waals surface area (Å²) >= 11 is 1.13. The Morgan fingerprint density at radius 3 is 2.96 bits per heavy atom. The molecule has 3 aromatic rings. The van der Waals surface area contributed by atoms with Crippen LogP contribution in [0.3, 0.4) is 0 Å². The lowest BCUT2D eigenvalue weighted by molar-refractivity contribution is 0.0958. The summed E-state index contributed by atoms with van der Waals surface area (Å²) in [5.74, 6) is -0.264. The van der Waals surface area contributed by atoms with Gasteiger partial charge in [0, 0.05) is 5.56 Å². The van der Waals surface area contributed by atoms with E-state index < -0.39 is 0 Å². The second kappa shape index (κ2) is 6.67. The SMILES string of the molecule is CCc1nc(N)sc1C(=O)N/N=C/c1c(O)ccc2ccccc12. The van der Waals surface area contributed by atoms with Crippen LogP contribution in [0.1, 0.15) is 27.9 Å². The smallest absolute Gasteiger partial charge is 0.283 e. The Kier molecular flexibility index (Phi) is 4.43. The van der Waals surface area contributed by atoms with Gasteiger partial charge in [0.25, 0.3) is 5.91 Å². The number of nitrogen functional groups attached to an aromatic ring is 1. The normalized spacial score (nSPS) is 11.2. The zero-order chi connectivity index (χ0) is 17.1. The number of carbonyl (C=O) groups excluding carboxylic acids is 1. The molecule has 3 rings (SSSR count). The summed E-state index contributed by atoms with van der Waals surface area (Å²) in [5.41, 5.74) is 9.31. The number of phenolic OH excluding ortho intramolecular Hbond substituents is 1. The number of hydrogen-bond donors (Lipinski definition) is 3. The van der Waals surface area contributed by atoms with Gasteiger partial charge in [0.05, 0.1) is 11.9 Å². The van der Waals surface area contributed by atoms with Crippen LogP contribution in [0.5, 0.6) is 5.75 Å². The van der Waals surface area contributed by atoms with E-state index in [4.69, 9.17) is 5.73 Å². The molecular weight excluding hydrogens is 324 g/mol. The van der Waals surface area contributed by atoms with E-state index in [1.54, 1.807) is 6.07 Å². The van der Waals surface area contributed by atoms with Crippen molar-refractivity contribution in [1.29, 1.82) is 0 Å². The number of thiazole rings is 1. The summed E-state index contributed by atoms with van der Waals surface area (Å²) in [6.45, 7) is 1.91. The predicted octanol–water partition coefficient (Wildman–Crippen LogP) is 2.91. The van der Waals surface area contributed by atoms with Gasteiger partial charge in [0.1, 0.15) is 10.6 Å². The third-order valence-electron chi connectivity index (χ3n) is 3.56. The molecule has 1 aromatic heterocycles. The number of hydrazone groups is 1. The molecule has 0 aliphatic rings. The summed E-state index contributed by atoms with van der Waals surface area (Å²) in [6, 6.07) is 11.1. The number of phenols is 1. The largest absolute Gasteiger partial charge is 0.507 e. The van der Waals surface area contributed by atoms with Crippen molar-refractivity contribution >= 4 is 39.4 Å². The zero-order valence-electron chi connectivity index (χ0n) is 13.0. The fourth-order valence-electron chi connectivity index (χ4n) is 2.41. The van der Waals surface area contributed by atoms with Crippen molar-refractivity contribution in [3.05, 3.63) is 52.5 Å². The van der Waals surface area contributed by atoms with Crippen LogP contribution in [-0.4, -0.2) is 22.2 Å². The molecule has 0 atom stereocenters. The minimum absolute atomic E-state index is 0.1000. The average Bonchev–Trinajstić information content (AvgIpc) is 2.98. The Morgan fingerprint density at radius 1 is 1.38 bits per heavy atom. The number of rotatable bonds is 4. The second-order valence-electron chi connectivity index (χ2n) is 5.10. The Morgan fingerprint density at radius 2 is 2.17 bits per heavy atom. The Bertz CT molecular complexity index is 933. The van der Waals surface area contributed by atoms with Crippen molar-refractivity contribution in [3.8, 4) is 5.75 Å². The lowest BCUT2D eigenvalue weighted by atomic mass is 10.0. The number of aromatic nitrogens is 1. The van der Waals surface area contributed by atoms with E-state index in [2.05, 4.69) is 15.5 Å². The molecular formula is C17H16N4O2S. The Balaban J connectivity index is 1.84. The molecule has 122 valence electrons. The van der Waals surface area contributed by atoms with Crippen molar-refractivity contribution in [2.75, 3.05) is 5.73 Å². The molecule has 0 aliphatic heterocycles. The summed E-state index contributed by atoms with van der Waals surface area (Å²) < 4.78 is 0. The molecule has 2 aromatic carbocycles. The number of nitrogens with one attached hydrogen (secondary N) is 1. The van der Waals surface area contributed by atoms with Crippen LogP contribution in [0.2, 0.25) is 0 Å². The van der Waals surface area contributed by atoms with Gasteiger partial charge in [-0.1, -0.05) is 48.6 Å². The molecule has 0 bridgehead atoms. The van der Waals surface area contributed by atoms with E-state index >= 15 is 0 Å². The third kappa shape index (κ3) is 3.07. The maximum atomic E-state index is 12.2. The summed E-state index contributed by atoms with van der Waals surface area (Å²) in [6.07, 6.45) is 2.05. The topological polar surface area (TPSA) is 101 Å². The van der Waals surface area contributed by atoms with Crippen molar-refractivity contribution in [2.24, 2.45) is 5.10 Å². The fraction of sp³-hybridized carbons (Fsp3) is 0.118. The van der Waals surface area contributed by atoms with Crippen LogP contribution in [0, 0.1) is 0 Å². The monoisotopic (exact) mass is 340 g/mol. The number of aromatic hydroxyl groups is 1. The van der Waals surface area contributed by atoms with Crippen molar-refractivity contribution in [1.82, 2.24) is 10.4 Å². The van der Waals surface area contributed by atoms with Crippen molar-refractivity contribution in [2.45, 2.75) is 13.3 Å². The number of aryl methyl sites for hydroxylation is 1. The molecule has 1 amide bonds. The summed E-state index contributed by atoms with van der Waals surface area (Å²) in [5, 5.41) is 16.2. The van der Waals surface area contributed by atoms with Crippen LogP contribution in [0.25, 0.3) is 10.8 Å². The first-order valence-electron chi connectivity index (χ1n) is 7.39. The maximum Gasteiger partial charge on any atom is 0.283 e. The molecule has 4 N–H and O–H groups in total. The molecule has 24 heavy (non-hydrogen) atoms. The first-order valence-corrected chi connectivity index (χ1v) is 8.21. The van der Waals surface area contributed by atoms with E-state index in [1.807, 2.05) is 37.3 Å². The lowest BCUT2D eigenvalue weighted by Crippen LogP contribution is -2.17. The fourth-order valence-corrected chi connectivity index (χ4v) is 3.22. The predicted molar refractivity (Wildman–Crippen MR) is 96.6 cm³/mol. The van der Waals surface area contributed by atoms with Gasteiger partial charge in [-0.2, -0.15) is 5.10 Å². The number of nitrogens with zero attached hydrogens (tertiary/aromatic N) is 2. The molecule has 0 saturated carbocycles. The van der Waals surface area contributed by atoms with Gasteiger partial charge >= 0.3 is 0 Å². The van der Waals surface area contributed by atoms with E-state index in [1.165, 1.54) is 6.21 Å². The van der Waals surface area contributed by atoms with Crippen LogP contribution in [-0.2, 0) is 6.42 Å². The molecule has 1 heterocycles. The minimum atomic E-state index is -0.364. The van der Waals surface area contributed by atoms with Crippen LogP contribution in [0.15, 0.2) is 41.5 Å². The molecule has 0 fully saturated rings. The quantitative estimate of drug-likeness (QED) is 0.502. The minimum Gasteiger partial charge on any atom is -0.507 e. The molecule has 0 unspecified atom stereocenters. The molecule has 7 heteroatoms. The molecule has 0 aliphatic carbocycles. The van der Waals surface area contributed by atoms with Gasteiger partial charge in [-0.3, -0.25) is 4.79 Å². The highest BCUT2D eigenvalue weighted by Crippen LogP contribution is 2.25. The number of hydrogen-bond acceptors (Lipinski definition) is 6. The zero-order valence-corrected chi connectivity index (χ0v) is 13.8. The maximum absolute atomic E-state index is 12.2. The average molecular weight is 340 g/mol.